The van der Waals surface area contributed by atoms with Crippen molar-refractivity contribution >= 4 is 41.4 Å². The first-order valence-electron chi connectivity index (χ1n) is 24.7. The van der Waals surface area contributed by atoms with E-state index in [0.717, 1.165) is 0 Å². The molecule has 4 aliphatic heterocycles. The number of nitrogens with one attached hydrogen (secondary N) is 4. The molecule has 4 fully saturated rings. The molecule has 16 N–H and O–H groups in total. The second kappa shape index (κ2) is 31.9. The van der Waals surface area contributed by atoms with Crippen molar-refractivity contribution in [3.63, 3.8) is 0 Å². The topological polar surface area (TPSA) is 478 Å². The fourth-order valence-corrected chi connectivity index (χ4v) is 8.20. The lowest BCUT2D eigenvalue weighted by Gasteiger charge is -2.39. The van der Waals surface area contributed by atoms with Crippen molar-refractivity contribution in [3.05, 3.63) is 0 Å². The van der Waals surface area contributed by atoms with E-state index in [0.29, 0.717) is 5.06 Å². The molecule has 0 radical (unpaired) electrons. The second-order valence-electron chi connectivity index (χ2n) is 18.2. The summed E-state index contributed by atoms with van der Waals surface area (Å²) in [6.45, 7) is -3.65. The van der Waals surface area contributed by atoms with Crippen LogP contribution in [0.2, 0.25) is 0 Å². The third kappa shape index (κ3) is 19.0. The van der Waals surface area contributed by atoms with E-state index in [1.54, 1.807) is 0 Å². The molecule has 75 heavy (non-hydrogen) atoms. The largest absolute Gasteiger partial charge is 0.394 e. The van der Waals surface area contributed by atoms with Crippen molar-refractivity contribution in [2.75, 3.05) is 59.3 Å². The monoisotopic (exact) mass is 1090 g/mol. The van der Waals surface area contributed by atoms with E-state index in [2.05, 4.69) is 21.3 Å². The van der Waals surface area contributed by atoms with Crippen molar-refractivity contribution in [3.8, 4) is 0 Å². The Kier molecular flexibility index (Phi) is 26.9. The van der Waals surface area contributed by atoms with Gasteiger partial charge in [-0.2, -0.15) is 0 Å². The number of carbonyl (C=O) groups is 7. The van der Waals surface area contributed by atoms with Crippen molar-refractivity contribution in [2.24, 2.45) is 5.92 Å². The van der Waals surface area contributed by atoms with Crippen LogP contribution >= 0.6 is 0 Å². The molecule has 4 rings (SSSR count). The molecule has 4 heterocycles. The Morgan fingerprint density at radius 3 is 1.39 bits per heavy atom. The van der Waals surface area contributed by atoms with Crippen LogP contribution in [0.3, 0.4) is 0 Å². The zero-order valence-corrected chi connectivity index (χ0v) is 41.0. The zero-order chi connectivity index (χ0) is 55.4. The van der Waals surface area contributed by atoms with Gasteiger partial charge in [0.1, 0.15) is 79.3 Å². The molecule has 0 spiro atoms. The van der Waals surface area contributed by atoms with E-state index in [1.807, 2.05) is 0 Å². The minimum atomic E-state index is -1.72. The molecule has 430 valence electrons. The quantitative estimate of drug-likeness (QED) is 0.0226. The Hall–Kier alpha value is -4.23. The van der Waals surface area contributed by atoms with E-state index in [4.69, 9.17) is 33.3 Å². The smallest absolute Gasteiger partial charge is 0.333 e. The minimum absolute atomic E-state index is 0.0220. The van der Waals surface area contributed by atoms with Gasteiger partial charge in [0.15, 0.2) is 18.9 Å². The Balaban J connectivity index is 1.34. The fraction of sp³-hybridized carbons (Fsp3) is 0.841. The van der Waals surface area contributed by atoms with Gasteiger partial charge in [-0.1, -0.05) is 12.8 Å². The Morgan fingerprint density at radius 1 is 0.520 bits per heavy atom. The lowest BCUT2D eigenvalue weighted by atomic mass is 9.95. The first-order chi connectivity index (χ1) is 35.7. The number of unbranched alkanes of at least 4 members (excludes halogenated alkanes) is 2. The molecule has 4 saturated heterocycles. The SMILES string of the molecule is O=C(C[C@H](CCCC[C@H](NC(=O)CCCCC(=O)ON1C(=O)CCC1=O)C(=O)NCCO[C@H]1O[C@H](CO)[C@@H](O)[C@H](O)[C@@H]1O)C(=O)NCCO[C@H]1O[C@H](CO)[C@@H](O)[C@H](O)[C@@H]1O)NCCO[C@H]1O[C@H](CO)[C@@H](O)[C@H](O)[C@@H]1O. The van der Waals surface area contributed by atoms with Gasteiger partial charge in [0.2, 0.25) is 23.6 Å². The van der Waals surface area contributed by atoms with Crippen LogP contribution in [0.25, 0.3) is 0 Å². The average Bonchev–Trinajstić information content (AvgIpc) is 3.70. The average molecular weight is 1090 g/mol. The molecule has 17 atom stereocenters. The van der Waals surface area contributed by atoms with Crippen LogP contribution in [-0.4, -0.2) is 265 Å². The molecule has 4 aliphatic rings. The number of ether oxygens (including phenoxy) is 6. The number of imide groups is 1. The highest BCUT2D eigenvalue weighted by Gasteiger charge is 2.46. The third-order valence-corrected chi connectivity index (χ3v) is 12.6. The molecule has 0 aromatic heterocycles. The van der Waals surface area contributed by atoms with Crippen molar-refractivity contribution < 1.29 is 128 Å². The minimum Gasteiger partial charge on any atom is -0.394 e. The molecular weight excluding hydrogens is 1010 g/mol. The Bertz CT molecular complexity index is 1820. The number of aliphatic hydroxyl groups excluding tert-OH is 12. The first-order valence-corrected chi connectivity index (χ1v) is 24.7. The van der Waals surface area contributed by atoms with Crippen LogP contribution in [0.15, 0.2) is 0 Å². The van der Waals surface area contributed by atoms with Gasteiger partial charge in [0, 0.05) is 57.7 Å². The number of rotatable bonds is 31. The van der Waals surface area contributed by atoms with Crippen LogP contribution in [0.4, 0.5) is 0 Å². The number of carbonyl (C=O) groups excluding carboxylic acids is 7. The lowest BCUT2D eigenvalue weighted by Crippen LogP contribution is -2.59. The van der Waals surface area contributed by atoms with Crippen LogP contribution < -0.4 is 21.3 Å². The molecule has 0 aliphatic carbocycles. The van der Waals surface area contributed by atoms with Gasteiger partial charge >= 0.3 is 5.97 Å². The summed E-state index contributed by atoms with van der Waals surface area (Å²) in [5, 5.41) is 130. The van der Waals surface area contributed by atoms with Crippen molar-refractivity contribution in [1.82, 2.24) is 26.3 Å². The molecular formula is C44H73N5O26. The zero-order valence-electron chi connectivity index (χ0n) is 41.0. The predicted octanol–water partition coefficient (Wildman–Crippen LogP) is -9.00. The Morgan fingerprint density at radius 2 is 0.933 bits per heavy atom. The molecule has 6 amide bonds. The van der Waals surface area contributed by atoms with Gasteiger partial charge in [-0.25, -0.2) is 4.79 Å². The highest BCUT2D eigenvalue weighted by Crippen LogP contribution is 2.25. The van der Waals surface area contributed by atoms with Crippen LogP contribution in [-0.2, 0) is 66.8 Å². The summed E-state index contributed by atoms with van der Waals surface area (Å²) in [4.78, 5) is 94.0. The van der Waals surface area contributed by atoms with Crippen molar-refractivity contribution in [1.29, 1.82) is 0 Å². The standard InChI is InChI=1S/C44H73N5O26/c50-18-23-31(58)34(61)37(64)42(72-23)69-14-11-45-27(54)17-21(40(67)46-12-15-70-43-38(65)35(62)32(59)24(19-51)73-43)5-1-2-6-22(41(68)47-13-16-71-44-39(66)36(63)33(60)25(20-52)74-44)48-26(53)7-3-4-8-30(57)75-49-28(55)9-10-29(49)56/h21-25,31-39,42-44,50-52,58-66H,1-20H2,(H,45,54)(H,46,67)(H,47,68)(H,48,53)/t21-,22-,23+,24+,25+,31+,32+,33+,34-,35-,36-,37-,38-,39-,42-,43-,44-/m0/s1. The van der Waals surface area contributed by atoms with Crippen LogP contribution in [0.1, 0.15) is 70.6 Å². The number of hydrogen-bond acceptors (Lipinski definition) is 26. The molecule has 0 aromatic carbocycles. The van der Waals surface area contributed by atoms with Gasteiger partial charge in [-0.05, 0) is 25.7 Å². The number of amides is 6. The fourth-order valence-electron chi connectivity index (χ4n) is 8.20. The molecule has 31 heteroatoms. The lowest BCUT2D eigenvalue weighted by molar-refractivity contribution is -0.300. The maximum atomic E-state index is 13.6. The summed E-state index contributed by atoms with van der Waals surface area (Å²) in [7, 11) is 0. The first kappa shape index (κ1) is 63.3. The highest BCUT2D eigenvalue weighted by atomic mass is 16.7. The van der Waals surface area contributed by atoms with Gasteiger partial charge in [-0.15, -0.1) is 5.06 Å². The van der Waals surface area contributed by atoms with E-state index in [1.165, 1.54) is 0 Å². The van der Waals surface area contributed by atoms with Crippen molar-refractivity contribution in [2.45, 2.75) is 169 Å². The van der Waals surface area contributed by atoms with E-state index >= 15 is 0 Å². The summed E-state index contributed by atoms with van der Waals surface area (Å²) in [5.41, 5.74) is 0. The molecule has 0 aromatic rings. The maximum Gasteiger partial charge on any atom is 0.333 e. The van der Waals surface area contributed by atoms with E-state index < -0.39 is 172 Å². The van der Waals surface area contributed by atoms with E-state index in [9.17, 15) is 94.8 Å². The summed E-state index contributed by atoms with van der Waals surface area (Å²) in [5.74, 6) is -5.83. The predicted molar refractivity (Wildman–Crippen MR) is 242 cm³/mol. The number of aliphatic hydroxyl groups is 12. The van der Waals surface area contributed by atoms with Gasteiger partial charge in [0.05, 0.1) is 39.6 Å². The number of hydrogen-bond donors (Lipinski definition) is 16. The normalized spacial score (nSPS) is 31.8. The molecule has 0 saturated carbocycles. The molecule has 31 nitrogen and oxygen atoms in total. The number of hydroxylamine groups is 2. The van der Waals surface area contributed by atoms with Gasteiger partial charge in [0.25, 0.3) is 11.8 Å². The maximum absolute atomic E-state index is 13.6. The summed E-state index contributed by atoms with van der Waals surface area (Å²) in [6.07, 6.45) is -23.8. The molecule has 0 unspecified atom stereocenters. The Labute approximate surface area is 429 Å². The summed E-state index contributed by atoms with van der Waals surface area (Å²) in [6, 6.07) is -1.21. The second-order valence-corrected chi connectivity index (χ2v) is 18.2. The van der Waals surface area contributed by atoms with Gasteiger partial charge in [-0.3, -0.25) is 28.8 Å². The van der Waals surface area contributed by atoms with Crippen LogP contribution in [0.5, 0.6) is 0 Å². The van der Waals surface area contributed by atoms with Gasteiger partial charge < -0.3 is 116 Å². The summed E-state index contributed by atoms with van der Waals surface area (Å²) >= 11 is 0. The summed E-state index contributed by atoms with van der Waals surface area (Å²) < 4.78 is 32.2. The van der Waals surface area contributed by atoms with Crippen LogP contribution in [0, 0.1) is 5.92 Å². The van der Waals surface area contributed by atoms with E-state index in [-0.39, 0.29) is 104 Å². The molecule has 0 bridgehead atoms. The third-order valence-electron chi connectivity index (χ3n) is 12.6. The highest BCUT2D eigenvalue weighted by molar-refractivity contribution is 6.01. The number of nitrogens with zero attached hydrogens (tertiary/aromatic N) is 1.